The van der Waals surface area contributed by atoms with Gasteiger partial charge in [-0.15, -0.1) is 0 Å². The summed E-state index contributed by atoms with van der Waals surface area (Å²) in [6.07, 6.45) is 10.7. The molecule has 0 nitrogen and oxygen atoms in total. The maximum atomic E-state index is 2.69. The Labute approximate surface area is 222 Å². The molecule has 0 spiro atoms. The van der Waals surface area contributed by atoms with Crippen LogP contribution in [-0.2, 0) is 0 Å². The second-order valence-electron chi connectivity index (χ2n) is 13.7. The first-order chi connectivity index (χ1) is 16.4. The highest BCUT2D eigenvalue weighted by atomic mass is 14.6. The number of hydrogen-bond acceptors (Lipinski definition) is 0. The van der Waals surface area contributed by atoms with Crippen LogP contribution in [-0.4, -0.2) is 0 Å². The van der Waals surface area contributed by atoms with Crippen molar-refractivity contribution >= 4 is 0 Å². The first-order valence-corrected chi connectivity index (χ1v) is 15.8. The highest BCUT2D eigenvalue weighted by molar-refractivity contribution is 5.42. The molecule has 204 valence electrons. The molecule has 0 aromatic carbocycles. The molecule has 2 aliphatic carbocycles. The molecular formula is C35H64. The van der Waals surface area contributed by atoms with E-state index in [9.17, 15) is 0 Å². The Kier molecular flexibility index (Phi) is 11.2. The van der Waals surface area contributed by atoms with Crippen LogP contribution < -0.4 is 0 Å². The van der Waals surface area contributed by atoms with Crippen molar-refractivity contribution in [1.82, 2.24) is 0 Å². The average Bonchev–Trinajstić information content (AvgIpc) is 3.69. The van der Waals surface area contributed by atoms with E-state index < -0.39 is 0 Å². The predicted molar refractivity (Wildman–Crippen MR) is 159 cm³/mol. The van der Waals surface area contributed by atoms with Crippen LogP contribution in [0.5, 0.6) is 0 Å². The summed E-state index contributed by atoms with van der Waals surface area (Å²) >= 11 is 0. The van der Waals surface area contributed by atoms with Crippen molar-refractivity contribution in [2.75, 3.05) is 0 Å². The Bertz CT molecular complexity index is 729. The van der Waals surface area contributed by atoms with E-state index in [1.807, 2.05) is 11.1 Å². The van der Waals surface area contributed by atoms with E-state index in [1.165, 1.54) is 51.4 Å². The highest BCUT2D eigenvalue weighted by Crippen LogP contribution is 2.60. The number of allylic oxidation sites excluding steroid dienone is 4. The quantitative estimate of drug-likeness (QED) is 0.215. The molecule has 0 aliphatic heterocycles. The largest absolute Gasteiger partial charge is 0.0698 e. The Morgan fingerprint density at radius 1 is 0.914 bits per heavy atom. The second-order valence-corrected chi connectivity index (χ2v) is 13.7. The summed E-state index contributed by atoms with van der Waals surface area (Å²) in [4.78, 5) is 0. The van der Waals surface area contributed by atoms with Crippen molar-refractivity contribution in [1.29, 1.82) is 0 Å². The Morgan fingerprint density at radius 2 is 1.51 bits per heavy atom. The van der Waals surface area contributed by atoms with Crippen LogP contribution in [0.2, 0.25) is 0 Å². The van der Waals surface area contributed by atoms with Crippen LogP contribution in [0.3, 0.4) is 0 Å². The van der Waals surface area contributed by atoms with Gasteiger partial charge in [0.15, 0.2) is 0 Å². The van der Waals surface area contributed by atoms with Crippen LogP contribution in [0, 0.1) is 58.7 Å². The molecule has 2 saturated carbocycles. The Hall–Kier alpha value is -0.520. The normalized spacial score (nSPS) is 29.0. The molecule has 2 rings (SSSR count). The fourth-order valence-corrected chi connectivity index (χ4v) is 8.07. The summed E-state index contributed by atoms with van der Waals surface area (Å²) < 4.78 is 0. The van der Waals surface area contributed by atoms with Crippen molar-refractivity contribution in [2.24, 2.45) is 58.7 Å². The van der Waals surface area contributed by atoms with Gasteiger partial charge in [0.25, 0.3) is 0 Å². The zero-order valence-electron chi connectivity index (χ0n) is 26.4. The lowest BCUT2D eigenvalue weighted by Crippen LogP contribution is -2.46. The van der Waals surface area contributed by atoms with Crippen molar-refractivity contribution in [3.63, 3.8) is 0 Å². The lowest BCUT2D eigenvalue weighted by atomic mass is 9.50. The minimum atomic E-state index is 0.233. The van der Waals surface area contributed by atoms with Gasteiger partial charge >= 0.3 is 0 Å². The summed E-state index contributed by atoms with van der Waals surface area (Å²) in [5.74, 6) is 6.82. The fraction of sp³-hybridized carbons (Fsp3) is 0.886. The molecule has 9 atom stereocenters. The molecule has 0 amide bonds. The van der Waals surface area contributed by atoms with Crippen LogP contribution >= 0.6 is 0 Å². The van der Waals surface area contributed by atoms with Gasteiger partial charge in [0, 0.05) is 5.41 Å². The van der Waals surface area contributed by atoms with Crippen molar-refractivity contribution in [3.05, 3.63) is 22.3 Å². The number of rotatable bonds is 14. The summed E-state index contributed by atoms with van der Waals surface area (Å²) in [6.45, 7) is 32.9. The van der Waals surface area contributed by atoms with Crippen molar-refractivity contribution in [3.8, 4) is 0 Å². The van der Waals surface area contributed by atoms with E-state index in [-0.39, 0.29) is 5.41 Å². The third-order valence-corrected chi connectivity index (χ3v) is 11.6. The topological polar surface area (TPSA) is 0 Å². The van der Waals surface area contributed by atoms with Crippen LogP contribution in [0.1, 0.15) is 141 Å². The zero-order chi connectivity index (χ0) is 26.7. The maximum absolute atomic E-state index is 2.69. The molecule has 0 bridgehead atoms. The standard InChI is InChI=1S/C35H64/c1-14-17-20-35(30(13)31-18-19-31,29(12)28(11)32-21-25(8)26(32)9)34(24(7)16-3)33(22(4)5)27(10)23(6)15-2/h22-29,32H,14-21H2,1-13H3. The Morgan fingerprint density at radius 3 is 1.91 bits per heavy atom. The molecule has 0 aromatic rings. The van der Waals surface area contributed by atoms with E-state index >= 15 is 0 Å². The molecule has 35 heavy (non-hydrogen) atoms. The minimum Gasteiger partial charge on any atom is -0.0698 e. The van der Waals surface area contributed by atoms with Crippen LogP contribution in [0.15, 0.2) is 22.3 Å². The number of hydrogen-bond donors (Lipinski definition) is 0. The summed E-state index contributed by atoms with van der Waals surface area (Å²) in [7, 11) is 0. The van der Waals surface area contributed by atoms with E-state index in [4.69, 9.17) is 0 Å². The molecule has 2 fully saturated rings. The van der Waals surface area contributed by atoms with Crippen LogP contribution in [0.4, 0.5) is 0 Å². The van der Waals surface area contributed by atoms with Gasteiger partial charge in [-0.2, -0.15) is 0 Å². The second kappa shape index (κ2) is 12.8. The maximum Gasteiger partial charge on any atom is 0.0154 e. The number of unbranched alkanes of at least 4 members (excludes halogenated alkanes) is 1. The van der Waals surface area contributed by atoms with E-state index in [1.54, 1.807) is 11.1 Å². The predicted octanol–water partition coefficient (Wildman–Crippen LogP) is 11.5. The van der Waals surface area contributed by atoms with Gasteiger partial charge in [0.2, 0.25) is 0 Å². The third kappa shape index (κ3) is 6.14. The van der Waals surface area contributed by atoms with Crippen molar-refractivity contribution in [2.45, 2.75) is 141 Å². The molecule has 0 saturated heterocycles. The summed E-state index contributed by atoms with van der Waals surface area (Å²) in [5.41, 5.74) is 7.56. The van der Waals surface area contributed by atoms with Crippen molar-refractivity contribution < 1.29 is 0 Å². The van der Waals surface area contributed by atoms with Gasteiger partial charge in [-0.3, -0.25) is 0 Å². The van der Waals surface area contributed by atoms with Gasteiger partial charge in [0.1, 0.15) is 0 Å². The molecule has 0 heteroatoms. The SMILES string of the molecule is CCCCC(C(C)=C1CC1)(C(=C(C(C)C)C(C)C(C)CC)C(C)CC)C(C)C(C)C1CC(C)C1C. The van der Waals surface area contributed by atoms with Gasteiger partial charge in [-0.1, -0.05) is 125 Å². The van der Waals surface area contributed by atoms with Crippen LogP contribution in [0.25, 0.3) is 0 Å². The zero-order valence-corrected chi connectivity index (χ0v) is 26.4. The molecule has 9 unspecified atom stereocenters. The van der Waals surface area contributed by atoms with Gasteiger partial charge in [-0.05, 0) is 92.3 Å². The Balaban J connectivity index is 2.87. The first-order valence-electron chi connectivity index (χ1n) is 15.8. The van der Waals surface area contributed by atoms with Gasteiger partial charge in [0.05, 0.1) is 0 Å². The van der Waals surface area contributed by atoms with E-state index in [2.05, 4.69) is 90.0 Å². The fourth-order valence-electron chi connectivity index (χ4n) is 8.07. The molecule has 0 radical (unpaired) electrons. The lowest BCUT2D eigenvalue weighted by molar-refractivity contribution is 0.00518. The minimum absolute atomic E-state index is 0.233. The van der Waals surface area contributed by atoms with Gasteiger partial charge < -0.3 is 0 Å². The molecule has 0 aromatic heterocycles. The summed E-state index contributed by atoms with van der Waals surface area (Å²) in [6, 6.07) is 0. The molecule has 0 heterocycles. The summed E-state index contributed by atoms with van der Waals surface area (Å²) in [5, 5.41) is 0. The molecular weight excluding hydrogens is 420 g/mol. The average molecular weight is 485 g/mol. The third-order valence-electron chi connectivity index (χ3n) is 11.6. The van der Waals surface area contributed by atoms with Gasteiger partial charge in [-0.25, -0.2) is 0 Å². The molecule has 0 N–H and O–H groups in total. The monoisotopic (exact) mass is 485 g/mol. The smallest absolute Gasteiger partial charge is 0.0154 e. The lowest BCUT2D eigenvalue weighted by Gasteiger charge is -2.54. The highest BCUT2D eigenvalue weighted by Gasteiger charge is 2.51. The molecule has 2 aliphatic rings. The van der Waals surface area contributed by atoms with E-state index in [0.29, 0.717) is 23.7 Å². The first kappa shape index (κ1) is 30.7. The van der Waals surface area contributed by atoms with E-state index in [0.717, 1.165) is 29.6 Å².